The Morgan fingerprint density at radius 3 is 2.06 bits per heavy atom. The maximum Gasteiger partial charge on any atom is 0.264 e. The lowest BCUT2D eigenvalue weighted by molar-refractivity contribution is -0.0875. The molecule has 1 heterocycles. The highest BCUT2D eigenvalue weighted by molar-refractivity contribution is 5.72. The molecule has 3 nitrogen and oxygen atoms in total. The van der Waals surface area contributed by atoms with Crippen LogP contribution in [0.15, 0.2) is 41.5 Å². The van der Waals surface area contributed by atoms with E-state index in [9.17, 15) is 4.39 Å². The SMILES string of the molecule is CCCCCCCCCCCCc1ccc(C2(OCC(F)C(C)CCCCC)N=CC=CN2)cc1. The maximum absolute atomic E-state index is 14.8. The van der Waals surface area contributed by atoms with Crippen molar-refractivity contribution in [3.8, 4) is 0 Å². The van der Waals surface area contributed by atoms with Crippen molar-refractivity contribution in [1.29, 1.82) is 0 Å². The van der Waals surface area contributed by atoms with E-state index in [0.29, 0.717) is 0 Å². The van der Waals surface area contributed by atoms with Crippen LogP contribution >= 0.6 is 0 Å². The summed E-state index contributed by atoms with van der Waals surface area (Å²) < 4.78 is 20.9. The molecule has 0 spiro atoms. The van der Waals surface area contributed by atoms with E-state index in [1.165, 1.54) is 69.8 Å². The smallest absolute Gasteiger partial charge is 0.264 e. The van der Waals surface area contributed by atoms with E-state index in [0.717, 1.165) is 37.7 Å². The zero-order valence-electron chi connectivity index (χ0n) is 22.7. The van der Waals surface area contributed by atoms with Crippen molar-refractivity contribution in [2.75, 3.05) is 6.61 Å². The Kier molecular flexibility index (Phi) is 14.9. The van der Waals surface area contributed by atoms with Crippen LogP contribution in [0.3, 0.4) is 0 Å². The van der Waals surface area contributed by atoms with Crippen molar-refractivity contribution in [2.24, 2.45) is 10.9 Å². The van der Waals surface area contributed by atoms with E-state index in [2.05, 4.69) is 48.4 Å². The molecule has 0 fully saturated rings. The summed E-state index contributed by atoms with van der Waals surface area (Å²) in [5, 5.41) is 3.24. The summed E-state index contributed by atoms with van der Waals surface area (Å²) in [6, 6.07) is 8.49. The average Bonchev–Trinajstić information content (AvgIpc) is 2.89. The van der Waals surface area contributed by atoms with Gasteiger partial charge in [-0.1, -0.05) is 122 Å². The lowest BCUT2D eigenvalue weighted by Gasteiger charge is -2.33. The molecule has 3 unspecified atom stereocenters. The lowest BCUT2D eigenvalue weighted by Crippen LogP contribution is -2.43. The van der Waals surface area contributed by atoms with Gasteiger partial charge >= 0.3 is 0 Å². The number of halogens is 1. The van der Waals surface area contributed by atoms with Gasteiger partial charge in [0, 0.05) is 18.0 Å². The molecule has 0 aromatic heterocycles. The summed E-state index contributed by atoms with van der Waals surface area (Å²) in [5.41, 5.74) is 2.25. The van der Waals surface area contributed by atoms with E-state index in [-0.39, 0.29) is 12.5 Å². The van der Waals surface area contributed by atoms with Gasteiger partial charge in [-0.3, -0.25) is 0 Å². The van der Waals surface area contributed by atoms with Crippen molar-refractivity contribution in [1.82, 2.24) is 5.32 Å². The summed E-state index contributed by atoms with van der Waals surface area (Å²) in [6.45, 7) is 6.46. The number of aryl methyl sites for hydroxylation is 1. The molecule has 0 amide bonds. The molecule has 1 N–H and O–H groups in total. The molecule has 1 aliphatic rings. The van der Waals surface area contributed by atoms with E-state index in [4.69, 9.17) is 4.74 Å². The molecule has 3 atom stereocenters. The maximum atomic E-state index is 14.8. The molecule has 1 aliphatic heterocycles. The molecule has 0 radical (unpaired) electrons. The highest BCUT2D eigenvalue weighted by atomic mass is 19.1. The number of rotatable bonds is 20. The standard InChI is InChI=1S/C31H51FN2O/c1-4-6-8-9-10-11-12-13-14-16-19-28-20-22-29(23-21-28)31(33-24-17-25-34-31)35-26-30(32)27(3)18-15-7-5-2/h17,20-25,27,30,33H,4-16,18-19,26H2,1-3H3. The number of allylic oxidation sites excluding steroid dienone is 1. The molecular formula is C31H51FN2O. The number of nitrogens with zero attached hydrogens (tertiary/aromatic N) is 1. The van der Waals surface area contributed by atoms with Gasteiger partial charge in [0.25, 0.3) is 5.85 Å². The van der Waals surface area contributed by atoms with Crippen LogP contribution in [0.2, 0.25) is 0 Å². The van der Waals surface area contributed by atoms with Crippen LogP contribution in [0.25, 0.3) is 0 Å². The fourth-order valence-corrected chi connectivity index (χ4v) is 4.69. The summed E-state index contributed by atoms with van der Waals surface area (Å²) in [6.07, 6.45) is 23.3. The van der Waals surface area contributed by atoms with Gasteiger partial charge in [0.05, 0.1) is 6.61 Å². The fraction of sp³-hybridized carbons (Fsp3) is 0.710. The molecule has 2 rings (SSSR count). The van der Waals surface area contributed by atoms with Gasteiger partial charge in [-0.05, 0) is 36.8 Å². The molecule has 198 valence electrons. The Bertz CT molecular complexity index is 717. The molecule has 4 heteroatoms. The van der Waals surface area contributed by atoms with Crippen LogP contribution in [0.5, 0.6) is 0 Å². The fourth-order valence-electron chi connectivity index (χ4n) is 4.69. The molecule has 0 aliphatic carbocycles. The second-order valence-electron chi connectivity index (χ2n) is 10.4. The second kappa shape index (κ2) is 17.7. The van der Waals surface area contributed by atoms with Crippen LogP contribution in [0.1, 0.15) is 122 Å². The van der Waals surface area contributed by atoms with Gasteiger partial charge in [-0.25, -0.2) is 9.38 Å². The molecule has 0 saturated carbocycles. The second-order valence-corrected chi connectivity index (χ2v) is 10.4. The topological polar surface area (TPSA) is 33.6 Å². The Morgan fingerprint density at radius 2 is 1.46 bits per heavy atom. The van der Waals surface area contributed by atoms with Crippen LogP contribution < -0.4 is 5.32 Å². The van der Waals surface area contributed by atoms with Gasteiger partial charge in [0.2, 0.25) is 0 Å². The summed E-state index contributed by atoms with van der Waals surface area (Å²) in [4.78, 5) is 4.58. The van der Waals surface area contributed by atoms with Crippen molar-refractivity contribution in [2.45, 2.75) is 129 Å². The predicted molar refractivity (Wildman–Crippen MR) is 149 cm³/mol. The van der Waals surface area contributed by atoms with Crippen molar-refractivity contribution in [3.63, 3.8) is 0 Å². The highest BCUT2D eigenvalue weighted by Gasteiger charge is 2.34. The van der Waals surface area contributed by atoms with Crippen LogP contribution in [-0.2, 0) is 17.0 Å². The van der Waals surface area contributed by atoms with Crippen LogP contribution in [0.4, 0.5) is 4.39 Å². The van der Waals surface area contributed by atoms with E-state index >= 15 is 0 Å². The largest absolute Gasteiger partial charge is 0.341 e. The molecule has 1 aromatic rings. The Labute approximate surface area is 215 Å². The number of unbranched alkanes of at least 4 members (excludes halogenated alkanes) is 11. The quantitative estimate of drug-likeness (QED) is 0.187. The molecular weight excluding hydrogens is 435 g/mol. The van der Waals surface area contributed by atoms with Gasteiger partial charge in [-0.2, -0.15) is 0 Å². The molecule has 0 bridgehead atoms. The number of ether oxygens (including phenoxy) is 1. The highest BCUT2D eigenvalue weighted by Crippen LogP contribution is 2.28. The molecule has 0 saturated heterocycles. The van der Waals surface area contributed by atoms with Gasteiger partial charge in [-0.15, -0.1) is 0 Å². The van der Waals surface area contributed by atoms with Gasteiger partial charge in [0.1, 0.15) is 6.17 Å². The van der Waals surface area contributed by atoms with E-state index < -0.39 is 12.0 Å². The minimum Gasteiger partial charge on any atom is -0.341 e. The predicted octanol–water partition coefficient (Wildman–Crippen LogP) is 9.02. The molecule has 1 aromatic carbocycles. The number of nitrogens with one attached hydrogen (secondary N) is 1. The lowest BCUT2D eigenvalue weighted by atomic mass is 9.98. The van der Waals surface area contributed by atoms with Gasteiger partial charge < -0.3 is 10.1 Å². The summed E-state index contributed by atoms with van der Waals surface area (Å²) in [7, 11) is 0. The van der Waals surface area contributed by atoms with Crippen molar-refractivity contribution >= 4 is 6.21 Å². The number of alkyl halides is 1. The number of hydrogen-bond donors (Lipinski definition) is 1. The zero-order valence-corrected chi connectivity index (χ0v) is 22.7. The third-order valence-corrected chi connectivity index (χ3v) is 7.21. The third kappa shape index (κ3) is 11.3. The van der Waals surface area contributed by atoms with E-state index in [1.54, 1.807) is 6.21 Å². The van der Waals surface area contributed by atoms with Crippen LogP contribution in [0, 0.1) is 5.92 Å². The monoisotopic (exact) mass is 486 g/mol. The van der Waals surface area contributed by atoms with E-state index in [1.807, 2.05) is 19.2 Å². The Morgan fingerprint density at radius 1 is 0.857 bits per heavy atom. The Balaban J connectivity index is 1.77. The minimum atomic E-state index is -1.04. The first kappa shape index (κ1) is 29.5. The van der Waals surface area contributed by atoms with Gasteiger partial charge in [0.15, 0.2) is 0 Å². The number of benzene rings is 1. The Hall–Kier alpha value is -1.68. The first-order valence-electron chi connectivity index (χ1n) is 14.5. The summed E-state index contributed by atoms with van der Waals surface area (Å²) in [5.74, 6) is -1.05. The summed E-state index contributed by atoms with van der Waals surface area (Å²) >= 11 is 0. The number of aliphatic imine (C=N–C) groups is 1. The normalized spacial score (nSPS) is 19.0. The number of hydrogen-bond acceptors (Lipinski definition) is 3. The first-order chi connectivity index (χ1) is 17.1. The minimum absolute atomic E-state index is 0.00912. The zero-order chi connectivity index (χ0) is 25.2. The first-order valence-corrected chi connectivity index (χ1v) is 14.5. The van der Waals surface area contributed by atoms with Crippen molar-refractivity contribution < 1.29 is 9.13 Å². The average molecular weight is 487 g/mol. The third-order valence-electron chi connectivity index (χ3n) is 7.21. The van der Waals surface area contributed by atoms with Crippen LogP contribution in [-0.4, -0.2) is 19.0 Å². The molecule has 35 heavy (non-hydrogen) atoms. The van der Waals surface area contributed by atoms with Crippen molar-refractivity contribution in [3.05, 3.63) is 47.7 Å².